The molecular formula is C13H16N2O3. The fourth-order valence-corrected chi connectivity index (χ4v) is 1.31. The average Bonchev–Trinajstić information content (AvgIpc) is 2.25. The molecule has 0 fully saturated rings. The van der Waals surface area contributed by atoms with Crippen LogP contribution in [0.25, 0.3) is 0 Å². The number of ether oxygens (including phenoxy) is 1. The standard InChI is InChI=1S/C13H16N2O3/c1-13(2,3)18-12(17)15-11-7-5-4-6-10(11)8-14-9-16/h4-7H,8H2,1-3H3,(H,15,17). The Kier molecular flexibility index (Phi) is 4.63. The number of benzene rings is 1. The van der Waals surface area contributed by atoms with Gasteiger partial charge in [0.25, 0.3) is 0 Å². The largest absolute Gasteiger partial charge is 0.444 e. The highest BCUT2D eigenvalue weighted by Gasteiger charge is 2.16. The fourth-order valence-electron chi connectivity index (χ4n) is 1.31. The minimum atomic E-state index is -0.556. The number of hydrogen-bond acceptors (Lipinski definition) is 4. The van der Waals surface area contributed by atoms with Gasteiger partial charge in [0.05, 0.1) is 6.54 Å². The topological polar surface area (TPSA) is 67.8 Å². The van der Waals surface area contributed by atoms with Crippen LogP contribution in [0, 0.1) is 0 Å². The predicted octanol–water partition coefficient (Wildman–Crippen LogP) is 2.87. The van der Waals surface area contributed by atoms with Crippen molar-refractivity contribution in [2.45, 2.75) is 32.9 Å². The van der Waals surface area contributed by atoms with E-state index >= 15 is 0 Å². The molecule has 0 aliphatic carbocycles. The first-order valence-electron chi connectivity index (χ1n) is 5.54. The quantitative estimate of drug-likeness (QED) is 0.660. The Morgan fingerprint density at radius 1 is 1.39 bits per heavy atom. The Balaban J connectivity index is 2.77. The van der Waals surface area contributed by atoms with Gasteiger partial charge >= 0.3 is 6.09 Å². The molecule has 5 nitrogen and oxygen atoms in total. The Bertz CT molecular complexity index is 471. The van der Waals surface area contributed by atoms with Crippen molar-refractivity contribution in [3.8, 4) is 0 Å². The first-order valence-corrected chi connectivity index (χ1v) is 5.54. The second-order valence-electron chi connectivity index (χ2n) is 4.69. The van der Waals surface area contributed by atoms with Crippen LogP contribution in [0.5, 0.6) is 0 Å². The maximum atomic E-state index is 11.6. The molecule has 96 valence electrons. The van der Waals surface area contributed by atoms with Gasteiger partial charge in [-0.2, -0.15) is 0 Å². The van der Waals surface area contributed by atoms with Crippen LogP contribution in [-0.4, -0.2) is 17.8 Å². The molecule has 0 bridgehead atoms. The Morgan fingerprint density at radius 2 is 2.06 bits per heavy atom. The van der Waals surface area contributed by atoms with E-state index < -0.39 is 11.7 Å². The van der Waals surface area contributed by atoms with E-state index in [0.717, 1.165) is 5.56 Å². The molecule has 0 saturated heterocycles. The summed E-state index contributed by atoms with van der Waals surface area (Å²) >= 11 is 0. The predicted molar refractivity (Wildman–Crippen MR) is 68.1 cm³/mol. The molecule has 0 saturated carbocycles. The van der Waals surface area contributed by atoms with Crippen molar-refractivity contribution >= 4 is 17.9 Å². The molecule has 1 N–H and O–H groups in total. The summed E-state index contributed by atoms with van der Waals surface area (Å²) in [5.41, 5.74) is 0.748. The van der Waals surface area contributed by atoms with Gasteiger partial charge in [-0.3, -0.25) is 5.32 Å². The van der Waals surface area contributed by atoms with E-state index in [1.54, 1.807) is 45.0 Å². The molecular weight excluding hydrogens is 232 g/mol. The molecule has 1 amide bonds. The number of rotatable bonds is 3. The number of amides is 1. The van der Waals surface area contributed by atoms with E-state index in [2.05, 4.69) is 10.3 Å². The minimum absolute atomic E-state index is 0.176. The Labute approximate surface area is 106 Å². The third-order valence-electron chi connectivity index (χ3n) is 1.97. The van der Waals surface area contributed by atoms with Gasteiger partial charge in [-0.05, 0) is 32.4 Å². The lowest BCUT2D eigenvalue weighted by Crippen LogP contribution is -2.27. The average molecular weight is 248 g/mol. The van der Waals surface area contributed by atoms with E-state index in [0.29, 0.717) is 5.69 Å². The summed E-state index contributed by atoms with van der Waals surface area (Å²) in [6.07, 6.45) is 0.929. The third-order valence-corrected chi connectivity index (χ3v) is 1.97. The van der Waals surface area contributed by atoms with Crippen molar-refractivity contribution < 1.29 is 14.3 Å². The monoisotopic (exact) mass is 248 g/mol. The highest BCUT2D eigenvalue weighted by molar-refractivity contribution is 5.85. The molecule has 0 aromatic heterocycles. The number of carbonyl (C=O) groups is 1. The number of isocyanates is 1. The molecule has 0 unspecified atom stereocenters. The number of nitrogens with zero attached hydrogens (tertiary/aromatic N) is 1. The van der Waals surface area contributed by atoms with Gasteiger partial charge in [-0.1, -0.05) is 18.2 Å². The number of anilines is 1. The maximum absolute atomic E-state index is 11.6. The van der Waals surface area contributed by atoms with Crippen LogP contribution in [0.2, 0.25) is 0 Å². The molecule has 1 aromatic rings. The molecule has 0 aliphatic heterocycles. The zero-order valence-electron chi connectivity index (χ0n) is 10.7. The molecule has 0 aliphatic rings. The Morgan fingerprint density at radius 3 is 2.67 bits per heavy atom. The summed E-state index contributed by atoms with van der Waals surface area (Å²) in [6, 6.07) is 7.07. The van der Waals surface area contributed by atoms with E-state index in [-0.39, 0.29) is 6.54 Å². The van der Waals surface area contributed by atoms with Crippen molar-refractivity contribution in [2.24, 2.45) is 4.99 Å². The van der Waals surface area contributed by atoms with Crippen LogP contribution in [0.15, 0.2) is 29.3 Å². The number of hydrogen-bond donors (Lipinski definition) is 1. The zero-order valence-corrected chi connectivity index (χ0v) is 10.7. The fraction of sp³-hybridized carbons (Fsp3) is 0.385. The van der Waals surface area contributed by atoms with Crippen LogP contribution in [0.3, 0.4) is 0 Å². The van der Waals surface area contributed by atoms with Gasteiger partial charge in [-0.15, -0.1) is 0 Å². The molecule has 0 radical (unpaired) electrons. The van der Waals surface area contributed by atoms with Crippen LogP contribution >= 0.6 is 0 Å². The molecule has 0 spiro atoms. The van der Waals surface area contributed by atoms with Gasteiger partial charge < -0.3 is 4.74 Å². The zero-order chi connectivity index (χ0) is 13.6. The number of nitrogens with one attached hydrogen (secondary N) is 1. The SMILES string of the molecule is CC(C)(C)OC(=O)Nc1ccccc1CN=C=O. The van der Waals surface area contributed by atoms with Gasteiger partial charge in [0, 0.05) is 5.69 Å². The lowest BCUT2D eigenvalue weighted by Gasteiger charge is -2.20. The summed E-state index contributed by atoms with van der Waals surface area (Å²) in [6.45, 7) is 5.54. The first kappa shape index (κ1) is 13.9. The van der Waals surface area contributed by atoms with Gasteiger partial charge in [0.1, 0.15) is 5.60 Å². The van der Waals surface area contributed by atoms with Crippen molar-refractivity contribution in [3.63, 3.8) is 0 Å². The van der Waals surface area contributed by atoms with E-state index in [1.165, 1.54) is 6.08 Å². The smallest absolute Gasteiger partial charge is 0.412 e. The third kappa shape index (κ3) is 4.80. The lowest BCUT2D eigenvalue weighted by atomic mass is 10.2. The summed E-state index contributed by atoms with van der Waals surface area (Å²) in [7, 11) is 0. The number of carbonyl (C=O) groups excluding carboxylic acids is 2. The Hall–Kier alpha value is -2.13. The van der Waals surface area contributed by atoms with Crippen LogP contribution < -0.4 is 5.32 Å². The van der Waals surface area contributed by atoms with Crippen molar-refractivity contribution in [3.05, 3.63) is 29.8 Å². The van der Waals surface area contributed by atoms with E-state index in [9.17, 15) is 9.59 Å². The molecule has 18 heavy (non-hydrogen) atoms. The summed E-state index contributed by atoms with van der Waals surface area (Å²) in [5, 5.41) is 2.62. The highest BCUT2D eigenvalue weighted by atomic mass is 16.6. The van der Waals surface area contributed by atoms with Crippen LogP contribution in [-0.2, 0) is 16.1 Å². The van der Waals surface area contributed by atoms with Gasteiger partial charge in [-0.25, -0.2) is 14.6 Å². The van der Waals surface area contributed by atoms with Crippen molar-refractivity contribution in [2.75, 3.05) is 5.32 Å². The molecule has 1 aromatic carbocycles. The van der Waals surface area contributed by atoms with Crippen molar-refractivity contribution in [1.29, 1.82) is 0 Å². The van der Waals surface area contributed by atoms with E-state index in [1.807, 2.05) is 0 Å². The van der Waals surface area contributed by atoms with Crippen molar-refractivity contribution in [1.82, 2.24) is 0 Å². The summed E-state index contributed by atoms with van der Waals surface area (Å²) in [5.74, 6) is 0. The normalized spacial score (nSPS) is 10.4. The summed E-state index contributed by atoms with van der Waals surface area (Å²) in [4.78, 5) is 25.2. The van der Waals surface area contributed by atoms with Crippen LogP contribution in [0.4, 0.5) is 10.5 Å². The van der Waals surface area contributed by atoms with E-state index in [4.69, 9.17) is 4.74 Å². The second kappa shape index (κ2) is 5.98. The minimum Gasteiger partial charge on any atom is -0.444 e. The molecule has 5 heteroatoms. The number of aliphatic imine (C=N–C) groups is 1. The first-order chi connectivity index (χ1) is 8.42. The lowest BCUT2D eigenvalue weighted by molar-refractivity contribution is 0.0636. The molecule has 1 rings (SSSR count). The second-order valence-corrected chi connectivity index (χ2v) is 4.69. The molecule has 0 heterocycles. The van der Waals surface area contributed by atoms with Gasteiger partial charge in [0.2, 0.25) is 6.08 Å². The highest BCUT2D eigenvalue weighted by Crippen LogP contribution is 2.17. The van der Waals surface area contributed by atoms with Crippen LogP contribution in [0.1, 0.15) is 26.3 Å². The number of para-hydroxylation sites is 1. The summed E-state index contributed by atoms with van der Waals surface area (Å²) < 4.78 is 5.14. The molecule has 0 atom stereocenters. The maximum Gasteiger partial charge on any atom is 0.412 e. The van der Waals surface area contributed by atoms with Gasteiger partial charge in [0.15, 0.2) is 0 Å².